The first kappa shape index (κ1) is 17.2. The lowest BCUT2D eigenvalue weighted by Crippen LogP contribution is -2.16. The van der Waals surface area contributed by atoms with E-state index in [1.807, 2.05) is 19.1 Å². The summed E-state index contributed by atoms with van der Waals surface area (Å²) in [6.07, 6.45) is 1.72. The van der Waals surface area contributed by atoms with Crippen LogP contribution in [0.5, 0.6) is 0 Å². The molecule has 0 aliphatic rings. The summed E-state index contributed by atoms with van der Waals surface area (Å²) < 4.78 is 1.62. The fraction of sp³-hybridized carbons (Fsp3) is 0.111. The number of aryl methyl sites for hydroxylation is 2. The summed E-state index contributed by atoms with van der Waals surface area (Å²) >= 11 is 0. The molecule has 2 aromatic heterocycles. The molecular formula is C18H15N3O5. The summed E-state index contributed by atoms with van der Waals surface area (Å²) in [5.74, 6) is -3.09. The molecular weight excluding hydrogens is 338 g/mol. The number of aromatic carboxylic acids is 2. The maximum Gasteiger partial charge on any atom is 0.335 e. The highest BCUT2D eigenvalue weighted by atomic mass is 16.4. The molecule has 3 N–H and O–H groups in total. The summed E-state index contributed by atoms with van der Waals surface area (Å²) in [5.41, 5.74) is 2.01. The van der Waals surface area contributed by atoms with Gasteiger partial charge in [0, 0.05) is 11.9 Å². The minimum Gasteiger partial charge on any atom is -0.478 e. The number of pyridine rings is 1. The number of hydrogen-bond acceptors (Lipinski definition) is 4. The highest BCUT2D eigenvalue weighted by Crippen LogP contribution is 2.19. The molecule has 0 unspecified atom stereocenters. The predicted molar refractivity (Wildman–Crippen MR) is 93.0 cm³/mol. The fourth-order valence-corrected chi connectivity index (χ4v) is 2.67. The molecule has 0 spiro atoms. The van der Waals surface area contributed by atoms with Crippen LogP contribution < -0.4 is 5.32 Å². The van der Waals surface area contributed by atoms with Crippen LogP contribution in [0.25, 0.3) is 5.65 Å². The summed E-state index contributed by atoms with van der Waals surface area (Å²) in [4.78, 5) is 39.4. The largest absolute Gasteiger partial charge is 0.478 e. The lowest BCUT2D eigenvalue weighted by Gasteiger charge is -2.08. The van der Waals surface area contributed by atoms with E-state index in [-0.39, 0.29) is 22.5 Å². The average molecular weight is 353 g/mol. The topological polar surface area (TPSA) is 121 Å². The predicted octanol–water partition coefficient (Wildman–Crippen LogP) is 2.60. The highest BCUT2D eigenvalue weighted by Gasteiger charge is 2.18. The van der Waals surface area contributed by atoms with Gasteiger partial charge in [0.1, 0.15) is 11.3 Å². The Labute approximate surface area is 147 Å². The van der Waals surface area contributed by atoms with Gasteiger partial charge in [-0.25, -0.2) is 14.6 Å². The molecule has 0 saturated heterocycles. The molecule has 3 rings (SSSR count). The molecule has 0 atom stereocenters. The van der Waals surface area contributed by atoms with E-state index in [4.69, 9.17) is 10.2 Å². The fourth-order valence-electron chi connectivity index (χ4n) is 2.67. The average Bonchev–Trinajstić information content (AvgIpc) is 2.89. The van der Waals surface area contributed by atoms with Crippen molar-refractivity contribution < 1.29 is 24.6 Å². The number of carboxylic acids is 2. The number of fused-ring (bicyclic) bond motifs is 1. The normalized spacial score (nSPS) is 10.7. The summed E-state index contributed by atoms with van der Waals surface area (Å²) in [6, 6.07) is 7.10. The first-order valence-electron chi connectivity index (χ1n) is 7.64. The van der Waals surface area contributed by atoms with Crippen molar-refractivity contribution in [1.29, 1.82) is 0 Å². The Balaban J connectivity index is 2.02. The van der Waals surface area contributed by atoms with Crippen molar-refractivity contribution >= 4 is 29.2 Å². The highest BCUT2D eigenvalue weighted by molar-refractivity contribution is 6.06. The third-order valence-electron chi connectivity index (χ3n) is 3.86. The maximum atomic E-state index is 12.7. The second kappa shape index (κ2) is 6.32. The van der Waals surface area contributed by atoms with Gasteiger partial charge in [-0.1, -0.05) is 0 Å². The first-order chi connectivity index (χ1) is 12.3. The number of carbonyl (C=O) groups excluding carboxylic acids is 1. The standard InChI is InChI=1S/C18H15N3O5/c1-9-3-4-21-14(5-9)19-10(2)15(21)16(22)20-13-7-11(17(23)24)6-12(8-13)18(25)26/h3-8H,1-2H3,(H,20,22)(H,23,24)(H,25,26). The molecule has 8 nitrogen and oxygen atoms in total. The lowest BCUT2D eigenvalue weighted by atomic mass is 10.1. The number of rotatable bonds is 4. The number of imidazole rings is 1. The smallest absolute Gasteiger partial charge is 0.335 e. The van der Waals surface area contributed by atoms with Crippen LogP contribution in [0.2, 0.25) is 0 Å². The Morgan fingerprint density at radius 1 is 1.00 bits per heavy atom. The maximum absolute atomic E-state index is 12.7. The Hall–Kier alpha value is -3.68. The number of hydrogen-bond donors (Lipinski definition) is 3. The van der Waals surface area contributed by atoms with E-state index in [0.717, 1.165) is 11.6 Å². The second-order valence-electron chi connectivity index (χ2n) is 5.84. The van der Waals surface area contributed by atoms with Gasteiger partial charge in [0.05, 0.1) is 16.8 Å². The molecule has 2 heterocycles. The SMILES string of the molecule is Cc1ccn2c(C(=O)Nc3cc(C(=O)O)cc(C(=O)O)c3)c(C)nc2c1. The number of amides is 1. The monoisotopic (exact) mass is 353 g/mol. The lowest BCUT2D eigenvalue weighted by molar-refractivity contribution is 0.0696. The number of anilines is 1. The summed E-state index contributed by atoms with van der Waals surface area (Å²) in [5, 5.41) is 20.8. The van der Waals surface area contributed by atoms with Crippen LogP contribution >= 0.6 is 0 Å². The van der Waals surface area contributed by atoms with E-state index in [1.165, 1.54) is 12.1 Å². The number of nitrogens with one attached hydrogen (secondary N) is 1. The van der Waals surface area contributed by atoms with Crippen molar-refractivity contribution in [3.63, 3.8) is 0 Å². The zero-order valence-corrected chi connectivity index (χ0v) is 14.0. The van der Waals surface area contributed by atoms with E-state index in [0.29, 0.717) is 11.3 Å². The number of benzene rings is 1. The number of nitrogens with zero attached hydrogens (tertiary/aromatic N) is 2. The third-order valence-corrected chi connectivity index (χ3v) is 3.86. The molecule has 1 amide bonds. The molecule has 1 aromatic carbocycles. The van der Waals surface area contributed by atoms with Gasteiger partial charge in [-0.3, -0.25) is 9.20 Å². The van der Waals surface area contributed by atoms with Gasteiger partial charge in [-0.2, -0.15) is 0 Å². The molecule has 26 heavy (non-hydrogen) atoms. The molecule has 0 bridgehead atoms. The van der Waals surface area contributed by atoms with E-state index >= 15 is 0 Å². The van der Waals surface area contributed by atoms with E-state index < -0.39 is 17.8 Å². The zero-order valence-electron chi connectivity index (χ0n) is 14.0. The Morgan fingerprint density at radius 3 is 2.19 bits per heavy atom. The minimum absolute atomic E-state index is 0.0776. The van der Waals surface area contributed by atoms with Gasteiger partial charge in [-0.15, -0.1) is 0 Å². The van der Waals surface area contributed by atoms with Crippen LogP contribution in [0.4, 0.5) is 5.69 Å². The third kappa shape index (κ3) is 3.12. The summed E-state index contributed by atoms with van der Waals surface area (Å²) in [7, 11) is 0. The Morgan fingerprint density at radius 2 is 1.62 bits per heavy atom. The van der Waals surface area contributed by atoms with Gasteiger partial charge in [0.25, 0.3) is 5.91 Å². The quantitative estimate of drug-likeness (QED) is 0.663. The van der Waals surface area contributed by atoms with E-state index in [9.17, 15) is 14.4 Å². The molecule has 0 aliphatic carbocycles. The molecule has 0 aliphatic heterocycles. The molecule has 8 heteroatoms. The second-order valence-corrected chi connectivity index (χ2v) is 5.84. The molecule has 3 aromatic rings. The van der Waals surface area contributed by atoms with Gasteiger partial charge in [-0.05, 0) is 49.7 Å². The molecule has 0 radical (unpaired) electrons. The number of aromatic nitrogens is 2. The van der Waals surface area contributed by atoms with Crippen LogP contribution in [0.15, 0.2) is 36.5 Å². The van der Waals surface area contributed by atoms with Crippen molar-refractivity contribution in [2.75, 3.05) is 5.32 Å². The van der Waals surface area contributed by atoms with Crippen molar-refractivity contribution in [1.82, 2.24) is 9.38 Å². The Bertz CT molecular complexity index is 1040. The molecule has 0 saturated carbocycles. The van der Waals surface area contributed by atoms with Crippen LogP contribution in [0.1, 0.15) is 42.5 Å². The van der Waals surface area contributed by atoms with Gasteiger partial charge >= 0.3 is 11.9 Å². The van der Waals surface area contributed by atoms with Crippen molar-refractivity contribution in [3.05, 3.63) is 64.6 Å². The minimum atomic E-state index is -1.29. The number of carbonyl (C=O) groups is 3. The van der Waals surface area contributed by atoms with Crippen molar-refractivity contribution in [2.24, 2.45) is 0 Å². The summed E-state index contributed by atoms with van der Waals surface area (Å²) in [6.45, 7) is 3.60. The van der Waals surface area contributed by atoms with E-state index in [2.05, 4.69) is 10.3 Å². The van der Waals surface area contributed by atoms with Crippen molar-refractivity contribution in [2.45, 2.75) is 13.8 Å². The van der Waals surface area contributed by atoms with Gasteiger partial charge in [0.2, 0.25) is 0 Å². The first-order valence-corrected chi connectivity index (χ1v) is 7.64. The van der Waals surface area contributed by atoms with E-state index in [1.54, 1.807) is 17.5 Å². The molecule has 132 valence electrons. The van der Waals surface area contributed by atoms with Crippen LogP contribution in [-0.4, -0.2) is 37.4 Å². The van der Waals surface area contributed by atoms with Crippen LogP contribution in [0, 0.1) is 13.8 Å². The van der Waals surface area contributed by atoms with Gasteiger partial charge in [0.15, 0.2) is 0 Å². The van der Waals surface area contributed by atoms with Crippen LogP contribution in [0.3, 0.4) is 0 Å². The Kier molecular flexibility index (Phi) is 4.17. The van der Waals surface area contributed by atoms with Gasteiger partial charge < -0.3 is 15.5 Å². The number of carboxylic acid groups (broad SMARTS) is 2. The molecule has 0 fully saturated rings. The van der Waals surface area contributed by atoms with Crippen molar-refractivity contribution in [3.8, 4) is 0 Å². The van der Waals surface area contributed by atoms with Crippen LogP contribution in [-0.2, 0) is 0 Å². The zero-order chi connectivity index (χ0) is 19.0.